The number of carbonyl (C=O) groups excluding carboxylic acids is 2. The SMILES string of the molecule is Cc1ccc2c(c1)OCN(c1ccc(Oc3ccc(N4C(=O)C5C6C=CC(C6)C5C4=O)cc3)cc1)C2. The Hall–Kier alpha value is -4.06. The Labute approximate surface area is 209 Å². The van der Waals surface area contributed by atoms with Gasteiger partial charge in [-0.05, 0) is 85.3 Å². The van der Waals surface area contributed by atoms with Gasteiger partial charge in [0.05, 0.1) is 17.5 Å². The molecular formula is C30H26N2O4. The van der Waals surface area contributed by atoms with E-state index in [1.807, 2.05) is 36.4 Å². The second-order valence-electron chi connectivity index (χ2n) is 10.2. The molecule has 0 spiro atoms. The van der Waals surface area contributed by atoms with Gasteiger partial charge < -0.3 is 14.4 Å². The lowest BCUT2D eigenvalue weighted by Gasteiger charge is -2.31. The monoisotopic (exact) mass is 478 g/mol. The predicted molar refractivity (Wildman–Crippen MR) is 136 cm³/mol. The maximum atomic E-state index is 13.0. The first-order valence-corrected chi connectivity index (χ1v) is 12.5. The number of fused-ring (bicyclic) bond motifs is 6. The van der Waals surface area contributed by atoms with Crippen LogP contribution in [0.1, 0.15) is 17.5 Å². The maximum Gasteiger partial charge on any atom is 0.238 e. The number of imide groups is 1. The number of hydrogen-bond acceptors (Lipinski definition) is 5. The molecule has 2 bridgehead atoms. The molecule has 3 aromatic rings. The molecule has 0 N–H and O–H groups in total. The minimum Gasteiger partial charge on any atom is -0.473 e. The number of allylic oxidation sites excluding steroid dienone is 2. The number of ether oxygens (including phenoxy) is 2. The molecule has 36 heavy (non-hydrogen) atoms. The molecule has 2 aliphatic heterocycles. The zero-order valence-corrected chi connectivity index (χ0v) is 20.0. The number of aryl methyl sites for hydroxylation is 1. The molecule has 4 atom stereocenters. The third kappa shape index (κ3) is 3.32. The Bertz CT molecular complexity index is 1370. The largest absolute Gasteiger partial charge is 0.473 e. The van der Waals surface area contributed by atoms with E-state index < -0.39 is 0 Å². The van der Waals surface area contributed by atoms with E-state index in [-0.39, 0.29) is 35.5 Å². The van der Waals surface area contributed by atoms with Gasteiger partial charge in [-0.15, -0.1) is 0 Å². The second kappa shape index (κ2) is 7.98. The molecule has 0 aromatic heterocycles. The van der Waals surface area contributed by atoms with E-state index in [1.54, 1.807) is 12.1 Å². The quantitative estimate of drug-likeness (QED) is 0.368. The Balaban J connectivity index is 1.03. The fraction of sp³-hybridized carbons (Fsp3) is 0.267. The van der Waals surface area contributed by atoms with Crippen LogP contribution in [0.3, 0.4) is 0 Å². The van der Waals surface area contributed by atoms with Gasteiger partial charge in [0.1, 0.15) is 17.2 Å². The van der Waals surface area contributed by atoms with Gasteiger partial charge in [0.2, 0.25) is 11.8 Å². The fourth-order valence-corrected chi connectivity index (χ4v) is 6.17. The van der Waals surface area contributed by atoms with Gasteiger partial charge in [0.25, 0.3) is 0 Å². The minimum atomic E-state index is -0.190. The van der Waals surface area contributed by atoms with Crippen molar-refractivity contribution in [1.29, 1.82) is 0 Å². The lowest BCUT2D eigenvalue weighted by atomic mass is 9.85. The molecule has 0 radical (unpaired) electrons. The van der Waals surface area contributed by atoms with Crippen LogP contribution in [0.25, 0.3) is 0 Å². The van der Waals surface area contributed by atoms with Gasteiger partial charge in [-0.25, -0.2) is 0 Å². The summed E-state index contributed by atoms with van der Waals surface area (Å²) in [6.45, 7) is 3.37. The summed E-state index contributed by atoms with van der Waals surface area (Å²) in [6.07, 6.45) is 5.16. The summed E-state index contributed by atoms with van der Waals surface area (Å²) in [5.41, 5.74) is 4.04. The molecule has 2 amide bonds. The normalized spacial score (nSPS) is 25.7. The molecule has 6 heteroatoms. The van der Waals surface area contributed by atoms with Crippen LogP contribution < -0.4 is 19.3 Å². The van der Waals surface area contributed by atoms with E-state index in [0.29, 0.717) is 23.9 Å². The van der Waals surface area contributed by atoms with E-state index in [1.165, 1.54) is 16.0 Å². The molecule has 6 nitrogen and oxygen atoms in total. The lowest BCUT2D eigenvalue weighted by molar-refractivity contribution is -0.123. The number of anilines is 2. The Morgan fingerprint density at radius 2 is 1.42 bits per heavy atom. The van der Waals surface area contributed by atoms with Crippen molar-refractivity contribution in [3.05, 3.63) is 90.0 Å². The number of benzene rings is 3. The summed E-state index contributed by atoms with van der Waals surface area (Å²) in [5, 5.41) is 0. The Kier molecular flexibility index (Phi) is 4.71. The maximum absolute atomic E-state index is 13.0. The molecule has 7 rings (SSSR count). The van der Waals surface area contributed by atoms with E-state index in [2.05, 4.69) is 42.2 Å². The number of rotatable bonds is 4. The molecule has 2 heterocycles. The van der Waals surface area contributed by atoms with Gasteiger partial charge in [-0.2, -0.15) is 0 Å². The van der Waals surface area contributed by atoms with Gasteiger partial charge in [-0.1, -0.05) is 24.3 Å². The molecular weight excluding hydrogens is 452 g/mol. The van der Waals surface area contributed by atoms with Crippen molar-refractivity contribution in [2.45, 2.75) is 19.9 Å². The molecule has 4 aliphatic rings. The van der Waals surface area contributed by atoms with Crippen molar-refractivity contribution in [1.82, 2.24) is 0 Å². The van der Waals surface area contributed by atoms with E-state index in [9.17, 15) is 9.59 Å². The summed E-state index contributed by atoms with van der Waals surface area (Å²) in [4.78, 5) is 29.6. The third-order valence-corrected chi connectivity index (χ3v) is 7.96. The average Bonchev–Trinajstić information content (AvgIpc) is 3.58. The highest BCUT2D eigenvalue weighted by molar-refractivity contribution is 6.22. The van der Waals surface area contributed by atoms with Crippen molar-refractivity contribution >= 4 is 23.2 Å². The topological polar surface area (TPSA) is 59.1 Å². The molecule has 4 unspecified atom stereocenters. The van der Waals surface area contributed by atoms with Crippen molar-refractivity contribution in [3.63, 3.8) is 0 Å². The molecule has 180 valence electrons. The van der Waals surface area contributed by atoms with Crippen LogP contribution >= 0.6 is 0 Å². The molecule has 2 fully saturated rings. The summed E-state index contributed by atoms with van der Waals surface area (Å²) in [7, 11) is 0. The summed E-state index contributed by atoms with van der Waals surface area (Å²) in [6, 6.07) is 21.4. The number of hydrogen-bond donors (Lipinski definition) is 0. The Morgan fingerprint density at radius 3 is 2.06 bits per heavy atom. The highest BCUT2D eigenvalue weighted by Crippen LogP contribution is 2.53. The van der Waals surface area contributed by atoms with E-state index >= 15 is 0 Å². The van der Waals surface area contributed by atoms with Crippen molar-refractivity contribution in [2.75, 3.05) is 16.5 Å². The second-order valence-corrected chi connectivity index (χ2v) is 10.2. The van der Waals surface area contributed by atoms with E-state index in [4.69, 9.17) is 9.47 Å². The molecule has 3 aromatic carbocycles. The first-order chi connectivity index (χ1) is 17.5. The van der Waals surface area contributed by atoms with Crippen LogP contribution in [0.4, 0.5) is 11.4 Å². The third-order valence-electron chi connectivity index (χ3n) is 7.96. The van der Waals surface area contributed by atoms with Crippen molar-refractivity contribution in [2.24, 2.45) is 23.7 Å². The van der Waals surface area contributed by atoms with Crippen LogP contribution in [-0.2, 0) is 16.1 Å². The number of nitrogens with zero attached hydrogens (tertiary/aromatic N) is 2. The van der Waals surface area contributed by atoms with Crippen LogP contribution in [0, 0.1) is 30.6 Å². The standard InChI is InChI=1S/C30H26N2O4/c1-18-2-3-21-16-31(17-35-26(21)14-18)22-6-10-24(11-7-22)36-25-12-8-23(9-13-25)32-29(33)27-19-4-5-20(15-19)28(27)30(32)34/h2-14,19-20,27-28H,15-17H2,1H3. The van der Waals surface area contributed by atoms with Gasteiger partial charge in [-0.3, -0.25) is 14.5 Å². The number of amides is 2. The van der Waals surface area contributed by atoms with E-state index in [0.717, 1.165) is 24.4 Å². The first kappa shape index (κ1) is 21.2. The van der Waals surface area contributed by atoms with Gasteiger partial charge in [0, 0.05) is 17.8 Å². The van der Waals surface area contributed by atoms with Gasteiger partial charge >= 0.3 is 0 Å². The van der Waals surface area contributed by atoms with Crippen molar-refractivity contribution < 1.29 is 19.1 Å². The van der Waals surface area contributed by atoms with Crippen LogP contribution in [0.5, 0.6) is 17.2 Å². The molecule has 1 saturated carbocycles. The molecule has 1 saturated heterocycles. The smallest absolute Gasteiger partial charge is 0.238 e. The highest BCUT2D eigenvalue weighted by Gasteiger charge is 2.59. The zero-order valence-electron chi connectivity index (χ0n) is 20.0. The minimum absolute atomic E-state index is 0.0643. The summed E-state index contributed by atoms with van der Waals surface area (Å²) >= 11 is 0. The van der Waals surface area contributed by atoms with Crippen molar-refractivity contribution in [3.8, 4) is 17.2 Å². The zero-order chi connectivity index (χ0) is 24.4. The average molecular weight is 479 g/mol. The summed E-state index contributed by atoms with van der Waals surface area (Å²) < 4.78 is 12.0. The van der Waals surface area contributed by atoms with Crippen LogP contribution in [-0.4, -0.2) is 18.5 Å². The summed E-state index contributed by atoms with van der Waals surface area (Å²) in [5.74, 6) is 2.24. The fourth-order valence-electron chi connectivity index (χ4n) is 6.17. The highest BCUT2D eigenvalue weighted by atomic mass is 16.5. The lowest BCUT2D eigenvalue weighted by Crippen LogP contribution is -2.32. The Morgan fingerprint density at radius 1 is 0.806 bits per heavy atom. The predicted octanol–water partition coefficient (Wildman–Crippen LogP) is 5.46. The number of carbonyl (C=O) groups is 2. The van der Waals surface area contributed by atoms with Gasteiger partial charge in [0.15, 0.2) is 6.73 Å². The van der Waals surface area contributed by atoms with Crippen LogP contribution in [0.15, 0.2) is 78.9 Å². The van der Waals surface area contributed by atoms with Crippen LogP contribution in [0.2, 0.25) is 0 Å². The molecule has 2 aliphatic carbocycles. The first-order valence-electron chi connectivity index (χ1n) is 12.5.